The smallest absolute Gasteiger partial charge is 0.233 e. The molecule has 1 aromatic carbocycles. The largest absolute Gasteiger partial charge is 0.472 e. The van der Waals surface area contributed by atoms with Gasteiger partial charge in [0.25, 0.3) is 0 Å². The molecule has 2 aliphatic rings. The zero-order valence-corrected chi connectivity index (χ0v) is 17.6. The van der Waals surface area contributed by atoms with Crippen molar-refractivity contribution in [2.24, 2.45) is 0 Å². The summed E-state index contributed by atoms with van der Waals surface area (Å²) < 4.78 is 6.05. The quantitative estimate of drug-likeness (QED) is 0.429. The molecule has 9 heteroatoms. The van der Waals surface area contributed by atoms with Crippen LogP contribution in [0.3, 0.4) is 0 Å². The van der Waals surface area contributed by atoms with Crippen LogP contribution in [0.2, 0.25) is 0 Å². The van der Waals surface area contributed by atoms with Gasteiger partial charge in [-0.25, -0.2) is 9.97 Å². The number of H-pyrrole nitrogens is 1. The van der Waals surface area contributed by atoms with Crippen molar-refractivity contribution < 1.29 is 4.74 Å². The fraction of sp³-hybridized carbons (Fsp3) is 0.348. The maximum atomic E-state index is 6.05. The molecule has 1 aliphatic carbocycles. The first kappa shape index (κ1) is 19.1. The number of piperidine rings is 1. The lowest BCUT2D eigenvalue weighted by molar-refractivity contribution is 0.160. The number of anilines is 1. The third-order valence-electron chi connectivity index (χ3n) is 5.82. The van der Waals surface area contributed by atoms with Gasteiger partial charge in [-0.2, -0.15) is 5.10 Å². The molecule has 32 heavy (non-hydrogen) atoms. The minimum atomic E-state index is 0.117. The minimum absolute atomic E-state index is 0.117. The minimum Gasteiger partial charge on any atom is -0.472 e. The number of aromatic amines is 1. The van der Waals surface area contributed by atoms with Gasteiger partial charge in [-0.05, 0) is 44.4 Å². The molecule has 162 valence electrons. The lowest BCUT2D eigenvalue weighted by atomic mass is 10.1. The number of nitrogens with zero attached hydrogens (tertiary/aromatic N) is 5. The molecule has 1 aliphatic heterocycles. The second kappa shape index (κ2) is 8.16. The second-order valence-electron chi connectivity index (χ2n) is 8.37. The zero-order chi connectivity index (χ0) is 21.3. The van der Waals surface area contributed by atoms with Gasteiger partial charge in [0, 0.05) is 23.5 Å². The Balaban J connectivity index is 1.31. The lowest BCUT2D eigenvalue weighted by Crippen LogP contribution is -2.37. The van der Waals surface area contributed by atoms with Crippen LogP contribution in [0, 0.1) is 0 Å². The third kappa shape index (κ3) is 3.99. The number of hydrogen-bond donors (Lipinski definition) is 3. The van der Waals surface area contributed by atoms with Crippen LogP contribution in [0.1, 0.15) is 25.7 Å². The summed E-state index contributed by atoms with van der Waals surface area (Å²) in [5.41, 5.74) is 4.12. The van der Waals surface area contributed by atoms with Crippen LogP contribution in [0.25, 0.3) is 33.5 Å². The molecule has 1 saturated heterocycles. The van der Waals surface area contributed by atoms with Crippen LogP contribution in [0.15, 0.2) is 43.0 Å². The highest BCUT2D eigenvalue weighted by molar-refractivity contribution is 5.94. The maximum Gasteiger partial charge on any atom is 0.233 e. The normalized spacial score (nSPS) is 18.6. The van der Waals surface area contributed by atoms with Crippen LogP contribution in [-0.4, -0.2) is 55.4 Å². The summed E-state index contributed by atoms with van der Waals surface area (Å²) in [6.07, 6.45) is 11.5. The molecule has 0 radical (unpaired) electrons. The average molecular weight is 429 g/mol. The number of nitrogens with one attached hydrogen (secondary N) is 3. The van der Waals surface area contributed by atoms with E-state index in [2.05, 4.69) is 41.8 Å². The Labute approximate surface area is 185 Å². The monoisotopic (exact) mass is 428 g/mol. The Kier molecular flexibility index (Phi) is 4.87. The van der Waals surface area contributed by atoms with Gasteiger partial charge in [-0.1, -0.05) is 6.07 Å². The van der Waals surface area contributed by atoms with Crippen LogP contribution in [0.5, 0.6) is 5.88 Å². The SMILES string of the molecule is c1cc2[nH]nc(-c3cncc(OC4CCCNC4)n3)c2cc1-c1cncc(NC2CC2)n1. The number of aromatic nitrogens is 6. The van der Waals surface area contributed by atoms with Crippen molar-refractivity contribution in [2.75, 3.05) is 18.4 Å². The van der Waals surface area contributed by atoms with E-state index in [4.69, 9.17) is 9.72 Å². The number of rotatable bonds is 6. The van der Waals surface area contributed by atoms with E-state index in [1.54, 1.807) is 24.8 Å². The predicted octanol–water partition coefficient (Wildman–Crippen LogP) is 3.18. The maximum absolute atomic E-state index is 6.05. The topological polar surface area (TPSA) is 114 Å². The molecule has 0 amide bonds. The molecule has 2 fully saturated rings. The summed E-state index contributed by atoms with van der Waals surface area (Å²) >= 11 is 0. The van der Waals surface area contributed by atoms with E-state index in [-0.39, 0.29) is 6.10 Å². The molecule has 1 unspecified atom stereocenters. The Morgan fingerprint density at radius 1 is 0.969 bits per heavy atom. The van der Waals surface area contributed by atoms with Crippen molar-refractivity contribution in [1.29, 1.82) is 0 Å². The van der Waals surface area contributed by atoms with Gasteiger partial charge in [-0.3, -0.25) is 15.1 Å². The summed E-state index contributed by atoms with van der Waals surface area (Å²) in [5, 5.41) is 15.3. The Morgan fingerprint density at radius 2 is 1.88 bits per heavy atom. The molecule has 1 atom stereocenters. The van der Waals surface area contributed by atoms with Crippen molar-refractivity contribution in [3.05, 3.63) is 43.0 Å². The standard InChI is InChI=1S/C23H24N8O/c1-2-16(9-24-7-1)32-22-13-26-11-20(29-22)23-17-8-14(3-6-18(17)30-31-23)19-10-25-12-21(28-19)27-15-4-5-15/h3,6,8,10-13,15-16,24H,1-2,4-5,7,9H2,(H,27,28)(H,30,31). The van der Waals surface area contributed by atoms with E-state index in [9.17, 15) is 0 Å². The fourth-order valence-corrected chi connectivity index (χ4v) is 3.99. The fourth-order valence-electron chi connectivity index (χ4n) is 3.99. The first-order chi connectivity index (χ1) is 15.8. The van der Waals surface area contributed by atoms with Crippen molar-refractivity contribution in [2.45, 2.75) is 37.8 Å². The van der Waals surface area contributed by atoms with Crippen LogP contribution >= 0.6 is 0 Å². The van der Waals surface area contributed by atoms with Gasteiger partial charge in [0.05, 0.1) is 36.0 Å². The zero-order valence-electron chi connectivity index (χ0n) is 17.6. The van der Waals surface area contributed by atoms with Gasteiger partial charge in [0.2, 0.25) is 5.88 Å². The van der Waals surface area contributed by atoms with Gasteiger partial charge in [0.15, 0.2) is 0 Å². The highest BCUT2D eigenvalue weighted by Crippen LogP contribution is 2.30. The van der Waals surface area contributed by atoms with E-state index in [1.807, 2.05) is 12.1 Å². The summed E-state index contributed by atoms with van der Waals surface area (Å²) in [6, 6.07) is 6.63. The van der Waals surface area contributed by atoms with E-state index in [0.717, 1.165) is 59.6 Å². The van der Waals surface area contributed by atoms with E-state index in [1.165, 1.54) is 12.8 Å². The van der Waals surface area contributed by atoms with Crippen molar-refractivity contribution in [3.63, 3.8) is 0 Å². The van der Waals surface area contributed by atoms with E-state index in [0.29, 0.717) is 17.6 Å². The Hall–Kier alpha value is -3.59. The molecule has 3 N–H and O–H groups in total. The molecule has 0 bridgehead atoms. The average Bonchev–Trinajstić information content (AvgIpc) is 3.55. The van der Waals surface area contributed by atoms with Gasteiger partial charge in [-0.15, -0.1) is 0 Å². The molecule has 4 aromatic rings. The number of fused-ring (bicyclic) bond motifs is 1. The van der Waals surface area contributed by atoms with Crippen LogP contribution in [0.4, 0.5) is 5.82 Å². The third-order valence-corrected chi connectivity index (χ3v) is 5.82. The molecule has 9 nitrogen and oxygen atoms in total. The summed E-state index contributed by atoms with van der Waals surface area (Å²) in [6.45, 7) is 1.87. The first-order valence-corrected chi connectivity index (χ1v) is 11.1. The van der Waals surface area contributed by atoms with Gasteiger partial charge >= 0.3 is 0 Å². The molecular formula is C23H24N8O. The summed E-state index contributed by atoms with van der Waals surface area (Å²) in [4.78, 5) is 18.1. The van der Waals surface area contributed by atoms with Gasteiger partial charge < -0.3 is 15.4 Å². The summed E-state index contributed by atoms with van der Waals surface area (Å²) in [5.74, 6) is 1.33. The van der Waals surface area contributed by atoms with E-state index < -0.39 is 0 Å². The first-order valence-electron chi connectivity index (χ1n) is 11.1. The highest BCUT2D eigenvalue weighted by Gasteiger charge is 2.22. The Morgan fingerprint density at radius 3 is 2.75 bits per heavy atom. The molecule has 6 rings (SSSR count). The summed E-state index contributed by atoms with van der Waals surface area (Å²) in [7, 11) is 0. The van der Waals surface area contributed by atoms with Gasteiger partial charge in [0.1, 0.15) is 23.3 Å². The molecule has 0 spiro atoms. The lowest BCUT2D eigenvalue weighted by Gasteiger charge is -2.23. The Bertz CT molecular complexity index is 1250. The number of hydrogen-bond acceptors (Lipinski definition) is 8. The van der Waals surface area contributed by atoms with Crippen LogP contribution in [-0.2, 0) is 0 Å². The van der Waals surface area contributed by atoms with Crippen LogP contribution < -0.4 is 15.4 Å². The van der Waals surface area contributed by atoms with Crippen molar-refractivity contribution in [3.8, 4) is 28.5 Å². The van der Waals surface area contributed by atoms with Crippen molar-refractivity contribution >= 4 is 16.7 Å². The predicted molar refractivity (Wildman–Crippen MR) is 121 cm³/mol. The molecule has 3 aromatic heterocycles. The number of ether oxygens (including phenoxy) is 1. The molecule has 1 saturated carbocycles. The second-order valence-corrected chi connectivity index (χ2v) is 8.37. The highest BCUT2D eigenvalue weighted by atomic mass is 16.5. The number of benzene rings is 1. The molecule has 4 heterocycles. The molecular weight excluding hydrogens is 404 g/mol. The van der Waals surface area contributed by atoms with E-state index >= 15 is 0 Å². The van der Waals surface area contributed by atoms with Crippen molar-refractivity contribution in [1.82, 2.24) is 35.5 Å².